The van der Waals surface area contributed by atoms with Crippen LogP contribution in [-0.4, -0.2) is 47.5 Å². The second-order valence-electron chi connectivity index (χ2n) is 10.2. The molecule has 3 aromatic rings. The third kappa shape index (κ3) is 6.87. The fourth-order valence-corrected chi connectivity index (χ4v) is 4.96. The molecular weight excluding hydrogens is 517 g/mol. The summed E-state index contributed by atoms with van der Waals surface area (Å²) in [5.74, 6) is -0.947. The van der Waals surface area contributed by atoms with Crippen molar-refractivity contribution < 1.29 is 28.2 Å². The van der Waals surface area contributed by atoms with E-state index in [1.165, 1.54) is 17.9 Å². The van der Waals surface area contributed by atoms with E-state index < -0.39 is 23.4 Å². The molecule has 2 atom stereocenters. The van der Waals surface area contributed by atoms with Crippen LogP contribution in [0.25, 0.3) is 0 Å². The fourth-order valence-electron chi connectivity index (χ4n) is 4.55. The van der Waals surface area contributed by atoms with Crippen LogP contribution in [0.2, 0.25) is 0 Å². The Hall–Kier alpha value is -3.65. The van der Waals surface area contributed by atoms with E-state index in [0.29, 0.717) is 16.9 Å². The number of carbonyl (C=O) groups excluding carboxylic acids is 3. The van der Waals surface area contributed by atoms with Crippen LogP contribution in [0.15, 0.2) is 77.7 Å². The van der Waals surface area contributed by atoms with Crippen molar-refractivity contribution in [2.75, 3.05) is 19.3 Å². The number of thioether (sulfide) groups is 1. The number of likely N-dealkylation sites (tertiary alicyclic amines) is 1. The normalized spacial score (nSPS) is 17.1. The SMILES string of the molecule is CSc1ccc(C(=O)C2CN(C(=O)Oc3ccccc3)CC2Cc2ccc(OC(C)(C)C(C)=O)cc2F)cc1. The van der Waals surface area contributed by atoms with E-state index in [1.807, 2.05) is 24.5 Å². The largest absolute Gasteiger partial charge is 0.480 e. The van der Waals surface area contributed by atoms with Gasteiger partial charge >= 0.3 is 6.09 Å². The number of Topliss-reactive ketones (excluding diaryl/α,β-unsaturated/α-hetero) is 2. The van der Waals surface area contributed by atoms with Gasteiger partial charge in [0.05, 0.1) is 0 Å². The predicted octanol–water partition coefficient (Wildman–Crippen LogP) is 6.47. The molecule has 1 amide bonds. The first-order chi connectivity index (χ1) is 18.6. The third-order valence-electron chi connectivity index (χ3n) is 7.09. The second kappa shape index (κ2) is 12.0. The van der Waals surface area contributed by atoms with E-state index in [1.54, 1.807) is 74.1 Å². The van der Waals surface area contributed by atoms with Crippen molar-refractivity contribution in [2.24, 2.45) is 11.8 Å². The van der Waals surface area contributed by atoms with Crippen LogP contribution < -0.4 is 9.47 Å². The number of amides is 1. The molecule has 0 radical (unpaired) electrons. The van der Waals surface area contributed by atoms with Gasteiger partial charge < -0.3 is 14.4 Å². The Labute approximate surface area is 232 Å². The maximum absolute atomic E-state index is 15.2. The molecule has 1 fully saturated rings. The van der Waals surface area contributed by atoms with E-state index in [2.05, 4.69) is 0 Å². The number of hydrogen-bond donors (Lipinski definition) is 0. The molecule has 3 aromatic carbocycles. The summed E-state index contributed by atoms with van der Waals surface area (Å²) in [4.78, 5) is 40.9. The lowest BCUT2D eigenvalue weighted by molar-refractivity contribution is -0.129. The van der Waals surface area contributed by atoms with E-state index in [-0.39, 0.29) is 42.7 Å². The lowest BCUT2D eigenvalue weighted by Gasteiger charge is -2.24. The molecule has 0 aromatic heterocycles. The Morgan fingerprint density at radius 3 is 2.28 bits per heavy atom. The van der Waals surface area contributed by atoms with E-state index in [4.69, 9.17) is 9.47 Å². The summed E-state index contributed by atoms with van der Waals surface area (Å²) < 4.78 is 26.4. The molecule has 1 saturated heterocycles. The zero-order valence-electron chi connectivity index (χ0n) is 22.5. The summed E-state index contributed by atoms with van der Waals surface area (Å²) in [7, 11) is 0. The molecule has 0 aliphatic carbocycles. The molecule has 204 valence electrons. The number of rotatable bonds is 9. The number of ketones is 2. The van der Waals surface area contributed by atoms with Crippen LogP contribution in [0.1, 0.15) is 36.7 Å². The van der Waals surface area contributed by atoms with Crippen molar-refractivity contribution in [2.45, 2.75) is 37.7 Å². The number of ether oxygens (including phenoxy) is 2. The van der Waals surface area contributed by atoms with Crippen LogP contribution in [0.3, 0.4) is 0 Å². The molecule has 1 heterocycles. The topological polar surface area (TPSA) is 72.9 Å². The van der Waals surface area contributed by atoms with Gasteiger partial charge in [0.15, 0.2) is 17.2 Å². The minimum atomic E-state index is -1.08. The predicted molar refractivity (Wildman–Crippen MR) is 149 cm³/mol. The van der Waals surface area contributed by atoms with Crippen molar-refractivity contribution in [3.8, 4) is 11.5 Å². The quantitative estimate of drug-likeness (QED) is 0.225. The highest BCUT2D eigenvalue weighted by molar-refractivity contribution is 7.98. The van der Waals surface area contributed by atoms with Crippen LogP contribution in [0.4, 0.5) is 9.18 Å². The molecule has 4 rings (SSSR count). The highest BCUT2D eigenvalue weighted by Crippen LogP contribution is 2.33. The standard InChI is InChI=1S/C31H32FNO5S/c1-20(34)31(2,3)38-25-13-10-22(28(32)17-25)16-23-18-33(30(36)37-24-8-6-5-7-9-24)19-27(23)29(35)21-11-14-26(39-4)15-12-21/h5-15,17,23,27H,16,18-19H2,1-4H3. The van der Waals surface area contributed by atoms with Crippen LogP contribution in [0, 0.1) is 17.7 Å². The van der Waals surface area contributed by atoms with Gasteiger partial charge in [-0.05, 0) is 75.3 Å². The average Bonchev–Trinajstić information content (AvgIpc) is 3.34. The lowest BCUT2D eigenvalue weighted by atomic mass is 9.84. The highest BCUT2D eigenvalue weighted by Gasteiger charge is 2.41. The van der Waals surface area contributed by atoms with Crippen molar-refractivity contribution in [1.82, 2.24) is 4.90 Å². The van der Waals surface area contributed by atoms with Crippen LogP contribution in [-0.2, 0) is 11.2 Å². The Morgan fingerprint density at radius 2 is 1.67 bits per heavy atom. The summed E-state index contributed by atoms with van der Waals surface area (Å²) in [6, 6.07) is 20.6. The zero-order valence-corrected chi connectivity index (χ0v) is 23.3. The Balaban J connectivity index is 1.56. The smallest absolute Gasteiger partial charge is 0.415 e. The molecule has 2 unspecified atom stereocenters. The van der Waals surface area contributed by atoms with E-state index in [9.17, 15) is 14.4 Å². The minimum Gasteiger partial charge on any atom is -0.480 e. The number of halogens is 1. The minimum absolute atomic E-state index is 0.0915. The number of benzene rings is 3. The Kier molecular flexibility index (Phi) is 8.75. The van der Waals surface area contributed by atoms with Gasteiger partial charge in [0.2, 0.25) is 0 Å². The summed E-state index contributed by atoms with van der Waals surface area (Å²) >= 11 is 1.59. The van der Waals surface area contributed by atoms with Gasteiger partial charge in [0.1, 0.15) is 17.3 Å². The monoisotopic (exact) mass is 549 g/mol. The first-order valence-corrected chi connectivity index (χ1v) is 14.0. The van der Waals surface area contributed by atoms with Gasteiger partial charge in [0, 0.05) is 35.5 Å². The molecule has 8 heteroatoms. The van der Waals surface area contributed by atoms with Gasteiger partial charge in [-0.3, -0.25) is 9.59 Å². The first-order valence-electron chi connectivity index (χ1n) is 12.8. The maximum atomic E-state index is 15.2. The lowest BCUT2D eigenvalue weighted by Crippen LogP contribution is -2.36. The molecule has 6 nitrogen and oxygen atoms in total. The molecule has 0 N–H and O–H groups in total. The molecule has 0 saturated carbocycles. The van der Waals surface area contributed by atoms with E-state index >= 15 is 4.39 Å². The number of hydrogen-bond acceptors (Lipinski definition) is 6. The van der Waals surface area contributed by atoms with Crippen LogP contribution in [0.5, 0.6) is 11.5 Å². The van der Waals surface area contributed by atoms with Gasteiger partial charge in [-0.2, -0.15) is 0 Å². The second-order valence-corrected chi connectivity index (χ2v) is 11.1. The van der Waals surface area contributed by atoms with Crippen molar-refractivity contribution >= 4 is 29.4 Å². The number of carbonyl (C=O) groups is 3. The third-order valence-corrected chi connectivity index (χ3v) is 7.83. The highest BCUT2D eigenvalue weighted by atomic mass is 32.2. The van der Waals surface area contributed by atoms with Crippen molar-refractivity contribution in [3.05, 3.63) is 89.7 Å². The molecule has 0 bridgehead atoms. The van der Waals surface area contributed by atoms with Crippen molar-refractivity contribution in [3.63, 3.8) is 0 Å². The van der Waals surface area contributed by atoms with Gasteiger partial charge in [-0.1, -0.05) is 36.4 Å². The molecule has 0 spiro atoms. The summed E-state index contributed by atoms with van der Waals surface area (Å²) in [5, 5.41) is 0. The van der Waals surface area contributed by atoms with Gasteiger partial charge in [-0.15, -0.1) is 11.8 Å². The fraction of sp³-hybridized carbons (Fsp3) is 0.323. The maximum Gasteiger partial charge on any atom is 0.415 e. The average molecular weight is 550 g/mol. The van der Waals surface area contributed by atoms with Crippen molar-refractivity contribution in [1.29, 1.82) is 0 Å². The summed E-state index contributed by atoms with van der Waals surface area (Å²) in [5.41, 5.74) is -0.124. The van der Waals surface area contributed by atoms with Gasteiger partial charge in [0.25, 0.3) is 0 Å². The molecule has 1 aliphatic heterocycles. The van der Waals surface area contributed by atoms with Crippen LogP contribution >= 0.6 is 11.8 Å². The molecule has 1 aliphatic rings. The Morgan fingerprint density at radius 1 is 0.974 bits per heavy atom. The number of para-hydroxylation sites is 1. The Bertz CT molecular complexity index is 1340. The van der Waals surface area contributed by atoms with Gasteiger partial charge in [-0.25, -0.2) is 9.18 Å². The molecular formula is C31H32FNO5S. The number of nitrogens with zero attached hydrogens (tertiary/aromatic N) is 1. The van der Waals surface area contributed by atoms with E-state index in [0.717, 1.165) is 4.90 Å². The summed E-state index contributed by atoms with van der Waals surface area (Å²) in [6.45, 7) is 5.11. The summed E-state index contributed by atoms with van der Waals surface area (Å²) in [6.07, 6.45) is 1.66. The molecule has 39 heavy (non-hydrogen) atoms. The first kappa shape index (κ1) is 28.4. The zero-order chi connectivity index (χ0) is 28.2.